The van der Waals surface area contributed by atoms with Crippen LogP contribution < -0.4 is 43.0 Å². The first kappa shape index (κ1) is 92.7. The summed E-state index contributed by atoms with van der Waals surface area (Å²) in [6.45, 7) is 18.5. The standard InChI is InChI=1S/C77H120N12O19S/c1-14-51(8)68(59(103-12)46-64(94)88-38-22-26-58(88)69(104-13)52(9)73(109)83-57(75(99)100)45-53-23-17-15-18-24-53)87(11)74(98)66(49(4)5)85-72(97)67(50(6)7)86(10)61(91)34-39-105-41-43-107-44-42-106-40-36-80-77(102)108-47-54-28-30-55(31-29-54)81-70(95)56(25-21-35-79-76(78)101)82-71(96)65(48(2)3)84-60(90)27-19-16-20-37-89-62(92)32-33-63(89)93/h15,17-18,23-24,28-33,48-52,56-59,65-69H,14,16,19-22,25-27,34-47H2,1-13H3,(H,80,102)(H,81,95)(H,82,96)(H,83,109)(H,84,90)(H,85,97)(H,99,100)(H3,78,79,101). The van der Waals surface area contributed by atoms with Crippen LogP contribution in [0, 0.1) is 29.6 Å². The Bertz CT molecular complexity index is 3290. The Morgan fingerprint density at radius 1 is 0.661 bits per heavy atom. The molecule has 2 aliphatic heterocycles. The molecule has 1 saturated heterocycles. The van der Waals surface area contributed by atoms with Gasteiger partial charge in [0.05, 0.1) is 81.8 Å². The Hall–Kier alpha value is -8.69. The number of nitrogens with zero attached hydrogens (tertiary/aromatic N) is 4. The summed E-state index contributed by atoms with van der Waals surface area (Å²) in [5.74, 6) is -6.41. The van der Waals surface area contributed by atoms with Crippen LogP contribution in [0.15, 0.2) is 66.7 Å². The second-order valence-corrected chi connectivity index (χ2v) is 29.1. The molecule has 2 aromatic carbocycles. The first-order chi connectivity index (χ1) is 51.8. The molecule has 0 bridgehead atoms. The number of unbranched alkanes of at least 4 members (excludes halogenated alkanes) is 2. The highest BCUT2D eigenvalue weighted by Crippen LogP contribution is 2.31. The number of alkyl carbamates (subject to hydrolysis) is 1. The van der Waals surface area contributed by atoms with Crippen molar-refractivity contribution in [1.29, 1.82) is 0 Å². The number of hydrogen-bond acceptors (Lipinski definition) is 19. The van der Waals surface area contributed by atoms with Gasteiger partial charge in [0.2, 0.25) is 41.4 Å². The topological polar surface area (TPSA) is 404 Å². The number of likely N-dealkylation sites (tertiary alicyclic amines) is 1. The number of rotatable bonds is 51. The number of aliphatic carboxylic acids is 1. The molecule has 31 nitrogen and oxygen atoms in total. The van der Waals surface area contributed by atoms with E-state index in [0.717, 1.165) is 10.5 Å². The van der Waals surface area contributed by atoms with Gasteiger partial charge in [-0.15, -0.1) is 0 Å². The molecule has 32 heteroatoms. The molecule has 0 radical (unpaired) electrons. The minimum Gasteiger partial charge on any atom is -0.480 e. The Morgan fingerprint density at radius 3 is 1.88 bits per heavy atom. The van der Waals surface area contributed by atoms with Gasteiger partial charge in [-0.3, -0.25) is 48.1 Å². The number of nitrogens with two attached hydrogens (primary N) is 1. The molecule has 11 atom stereocenters. The van der Waals surface area contributed by atoms with Crippen LogP contribution in [0.4, 0.5) is 15.3 Å². The lowest BCUT2D eigenvalue weighted by atomic mass is 9.89. The van der Waals surface area contributed by atoms with Gasteiger partial charge in [0.25, 0.3) is 11.8 Å². The number of carbonyl (C=O) groups excluding carboxylic acids is 11. The van der Waals surface area contributed by atoms with Gasteiger partial charge in [-0.05, 0) is 85.5 Å². The highest BCUT2D eigenvalue weighted by atomic mass is 32.1. The van der Waals surface area contributed by atoms with Gasteiger partial charge in [-0.25, -0.2) is 14.4 Å². The summed E-state index contributed by atoms with van der Waals surface area (Å²) in [6.07, 6.45) is 4.56. The average Bonchev–Trinajstić information content (AvgIpc) is 1.80. The maximum atomic E-state index is 14.8. The van der Waals surface area contributed by atoms with Gasteiger partial charge < -0.3 is 91.2 Å². The highest BCUT2D eigenvalue weighted by molar-refractivity contribution is 7.80. The number of amides is 12. The van der Waals surface area contributed by atoms with Crippen LogP contribution in [0.5, 0.6) is 0 Å². The number of hydrogen-bond donors (Lipinski definition) is 9. The molecule has 0 aliphatic carbocycles. The minimum absolute atomic E-state index is 0.0319. The van der Waals surface area contributed by atoms with Crippen molar-refractivity contribution in [3.05, 3.63) is 77.9 Å². The van der Waals surface area contributed by atoms with Crippen molar-refractivity contribution in [2.75, 3.05) is 99.5 Å². The second kappa shape index (κ2) is 48.8. The van der Waals surface area contributed by atoms with Crippen LogP contribution in [-0.2, 0) is 89.4 Å². The lowest BCUT2D eigenvalue weighted by molar-refractivity contribution is -0.148. The SMILES string of the molecule is CCC(C)C(C(CC(=O)N1CCCC1C(OC)C(C)C(=S)NC(Cc1ccccc1)C(=O)O)OC)N(C)C(=O)C(NC(=O)C(C(C)C)N(C)C(=O)CCOCCOCCOCCNC(=O)OCc1ccc(NC(=O)C(CCCNC(N)=O)NC(=O)C(NC(=O)CCCCCN2C(=O)C=CC2=O)C(C)C)cc1)C(C)C. The van der Waals surface area contributed by atoms with E-state index >= 15 is 0 Å². The molecular formula is C77H120N12O19S. The summed E-state index contributed by atoms with van der Waals surface area (Å²) in [5, 5.41) is 29.5. The molecule has 4 rings (SSSR count). The summed E-state index contributed by atoms with van der Waals surface area (Å²) in [5.41, 5.74) is 7.04. The molecule has 11 unspecified atom stereocenters. The van der Waals surface area contributed by atoms with Gasteiger partial charge in [-0.2, -0.15) is 0 Å². The molecule has 0 saturated carbocycles. The van der Waals surface area contributed by atoms with Crippen molar-refractivity contribution in [3.8, 4) is 0 Å². The molecule has 2 aromatic rings. The zero-order valence-electron chi connectivity index (χ0n) is 65.8. The third-order valence-electron chi connectivity index (χ3n) is 19.5. The predicted octanol–water partition coefficient (Wildman–Crippen LogP) is 5.01. The quantitative estimate of drug-likeness (QED) is 0.0239. The summed E-state index contributed by atoms with van der Waals surface area (Å²) in [7, 11) is 6.28. The number of benzene rings is 2. The number of carboxylic acid groups (broad SMARTS) is 1. The van der Waals surface area contributed by atoms with Crippen LogP contribution >= 0.6 is 12.2 Å². The van der Waals surface area contributed by atoms with E-state index in [9.17, 15) is 62.6 Å². The predicted molar refractivity (Wildman–Crippen MR) is 412 cm³/mol. The van der Waals surface area contributed by atoms with E-state index < -0.39 is 90.2 Å². The first-order valence-electron chi connectivity index (χ1n) is 37.8. The molecule has 0 aromatic heterocycles. The van der Waals surface area contributed by atoms with E-state index in [-0.39, 0.29) is 170 Å². The fourth-order valence-corrected chi connectivity index (χ4v) is 13.4. The Kier molecular flexibility index (Phi) is 41.5. The highest BCUT2D eigenvalue weighted by Gasteiger charge is 2.44. The maximum absolute atomic E-state index is 14.8. The molecule has 608 valence electrons. The summed E-state index contributed by atoms with van der Waals surface area (Å²) >= 11 is 5.80. The van der Waals surface area contributed by atoms with Crippen LogP contribution in [0.1, 0.15) is 144 Å². The van der Waals surface area contributed by atoms with E-state index in [1.807, 2.05) is 78.8 Å². The third kappa shape index (κ3) is 31.3. The summed E-state index contributed by atoms with van der Waals surface area (Å²) in [6, 6.07) is 9.07. The number of ether oxygens (including phenoxy) is 6. The van der Waals surface area contributed by atoms with Gasteiger partial charge >= 0.3 is 18.1 Å². The van der Waals surface area contributed by atoms with Crippen LogP contribution in [-0.4, -0.2) is 250 Å². The first-order valence-corrected chi connectivity index (χ1v) is 38.2. The number of primary amides is 1. The lowest BCUT2D eigenvalue weighted by Gasteiger charge is -2.41. The largest absolute Gasteiger partial charge is 0.480 e. The van der Waals surface area contributed by atoms with E-state index in [2.05, 4.69) is 37.2 Å². The smallest absolute Gasteiger partial charge is 0.407 e. The monoisotopic (exact) mass is 1550 g/mol. The molecule has 1 fully saturated rings. The van der Waals surface area contributed by atoms with E-state index in [0.29, 0.717) is 61.3 Å². The lowest BCUT2D eigenvalue weighted by Crippen LogP contribution is -2.60. The molecule has 10 N–H and O–H groups in total. The van der Waals surface area contributed by atoms with Crippen LogP contribution in [0.3, 0.4) is 0 Å². The van der Waals surface area contributed by atoms with E-state index in [4.69, 9.17) is 46.4 Å². The van der Waals surface area contributed by atoms with Crippen LogP contribution in [0.2, 0.25) is 0 Å². The average molecular weight is 1550 g/mol. The minimum atomic E-state index is -1.07. The van der Waals surface area contributed by atoms with Crippen LogP contribution in [0.25, 0.3) is 0 Å². The molecule has 2 heterocycles. The molecule has 2 aliphatic rings. The van der Waals surface area contributed by atoms with Gasteiger partial charge in [0.15, 0.2) is 0 Å². The zero-order valence-corrected chi connectivity index (χ0v) is 66.6. The number of likely N-dealkylation sites (N-methyl/N-ethyl adjacent to an activating group) is 2. The molecule has 0 spiro atoms. The number of carboxylic acids is 1. The Morgan fingerprint density at radius 2 is 1.29 bits per heavy atom. The zero-order chi connectivity index (χ0) is 80.9. The Labute approximate surface area is 647 Å². The molecule has 109 heavy (non-hydrogen) atoms. The number of imide groups is 1. The van der Waals surface area contributed by atoms with Crippen molar-refractivity contribution >= 4 is 94.2 Å². The molecular weight excluding hydrogens is 1430 g/mol. The second-order valence-electron chi connectivity index (χ2n) is 28.6. The summed E-state index contributed by atoms with van der Waals surface area (Å²) in [4.78, 5) is 163. The Balaban J connectivity index is 1.16. The van der Waals surface area contributed by atoms with Crippen molar-refractivity contribution in [2.24, 2.45) is 35.3 Å². The van der Waals surface area contributed by atoms with Gasteiger partial charge in [0.1, 0.15) is 36.8 Å². The van der Waals surface area contributed by atoms with E-state index in [1.165, 1.54) is 24.2 Å². The number of anilines is 1. The normalized spacial score (nSPS) is 16.2. The van der Waals surface area contributed by atoms with Gasteiger partial charge in [-0.1, -0.05) is 130 Å². The number of nitrogens with one attached hydrogen (secondary N) is 7. The van der Waals surface area contributed by atoms with Crippen molar-refractivity contribution in [3.63, 3.8) is 0 Å². The number of carbonyl (C=O) groups is 12. The number of thiocarbonyl (C=S) groups is 1. The fraction of sp³-hybridized carbons (Fsp3) is 0.649. The fourth-order valence-electron chi connectivity index (χ4n) is 13.1. The van der Waals surface area contributed by atoms with Gasteiger partial charge in [0, 0.05) is 91.1 Å². The number of methoxy groups -OCH3 is 2. The number of urea groups is 1. The maximum Gasteiger partial charge on any atom is 0.407 e. The van der Waals surface area contributed by atoms with E-state index in [1.54, 1.807) is 69.1 Å². The van der Waals surface area contributed by atoms with Crippen molar-refractivity contribution in [1.82, 2.24) is 51.5 Å². The van der Waals surface area contributed by atoms with Crippen molar-refractivity contribution < 1.29 is 91.1 Å². The summed E-state index contributed by atoms with van der Waals surface area (Å²) < 4.78 is 34.4. The van der Waals surface area contributed by atoms with Crippen molar-refractivity contribution in [2.45, 2.75) is 200 Å². The molecule has 12 amide bonds. The third-order valence-corrected chi connectivity index (χ3v) is 20.0.